The van der Waals surface area contributed by atoms with Gasteiger partial charge in [0, 0.05) is 6.04 Å². The fraction of sp³-hybridized carbons (Fsp3) is 0.765. The van der Waals surface area contributed by atoms with Crippen molar-refractivity contribution in [3.63, 3.8) is 0 Å². The van der Waals surface area contributed by atoms with Gasteiger partial charge in [-0.3, -0.25) is 24.1 Å². The Kier molecular flexibility index (Phi) is 5.16. The largest absolute Gasteiger partial charge is 0.454 e. The molecule has 3 amide bonds. The van der Waals surface area contributed by atoms with E-state index in [2.05, 4.69) is 5.32 Å². The van der Waals surface area contributed by atoms with Crippen molar-refractivity contribution in [2.75, 3.05) is 13.2 Å². The number of rotatable bonds is 5. The van der Waals surface area contributed by atoms with Crippen LogP contribution in [-0.2, 0) is 23.9 Å². The fourth-order valence-electron chi connectivity index (χ4n) is 4.05. The Morgan fingerprint density at radius 2 is 1.50 bits per heavy atom. The molecule has 3 fully saturated rings. The molecule has 2 saturated carbocycles. The number of nitrogens with one attached hydrogen (secondary N) is 1. The quantitative estimate of drug-likeness (QED) is 0.591. The number of hydrogen-bond donors (Lipinski definition) is 1. The number of likely N-dealkylation sites (tertiary alicyclic amines) is 1. The number of fused-ring (bicyclic) bond motifs is 1. The van der Waals surface area contributed by atoms with Gasteiger partial charge in [0.15, 0.2) is 6.61 Å². The van der Waals surface area contributed by atoms with Gasteiger partial charge in [0.1, 0.15) is 6.54 Å². The average molecular weight is 336 g/mol. The van der Waals surface area contributed by atoms with E-state index in [0.29, 0.717) is 12.8 Å². The molecule has 0 aromatic heterocycles. The number of nitrogens with zero attached hydrogens (tertiary/aromatic N) is 1. The normalized spacial score (nSPS) is 27.2. The van der Waals surface area contributed by atoms with Crippen molar-refractivity contribution >= 4 is 23.7 Å². The van der Waals surface area contributed by atoms with Crippen LogP contribution in [0.1, 0.15) is 51.4 Å². The average Bonchev–Trinajstić information content (AvgIpc) is 3.16. The Morgan fingerprint density at radius 1 is 0.958 bits per heavy atom. The first-order valence-corrected chi connectivity index (χ1v) is 8.86. The summed E-state index contributed by atoms with van der Waals surface area (Å²) in [5, 5.41) is 2.82. The number of hydrogen-bond acceptors (Lipinski definition) is 5. The first-order valence-electron chi connectivity index (χ1n) is 8.86. The van der Waals surface area contributed by atoms with Crippen LogP contribution in [0, 0.1) is 11.8 Å². The minimum Gasteiger partial charge on any atom is -0.454 e. The van der Waals surface area contributed by atoms with Crippen LogP contribution < -0.4 is 5.32 Å². The Labute approximate surface area is 141 Å². The lowest BCUT2D eigenvalue weighted by molar-refractivity contribution is -0.155. The summed E-state index contributed by atoms with van der Waals surface area (Å²) in [6.45, 7) is -0.750. The summed E-state index contributed by atoms with van der Waals surface area (Å²) in [4.78, 5) is 49.2. The van der Waals surface area contributed by atoms with E-state index < -0.39 is 5.97 Å². The molecule has 3 rings (SSSR count). The molecular formula is C17H24N2O5. The molecule has 1 heterocycles. The molecule has 7 heteroatoms. The van der Waals surface area contributed by atoms with E-state index in [1.807, 2.05) is 0 Å². The topological polar surface area (TPSA) is 92.8 Å². The number of carbonyl (C=O) groups excluding carboxylic acids is 4. The van der Waals surface area contributed by atoms with Gasteiger partial charge in [-0.2, -0.15) is 0 Å². The summed E-state index contributed by atoms with van der Waals surface area (Å²) >= 11 is 0. The summed E-state index contributed by atoms with van der Waals surface area (Å²) in [5.41, 5.74) is 0. The molecule has 0 aromatic carbocycles. The molecule has 1 saturated heterocycles. The minimum atomic E-state index is -0.711. The summed E-state index contributed by atoms with van der Waals surface area (Å²) in [7, 11) is 0. The van der Waals surface area contributed by atoms with Crippen LogP contribution in [0.3, 0.4) is 0 Å². The van der Waals surface area contributed by atoms with Gasteiger partial charge in [0.25, 0.3) is 5.91 Å². The molecule has 132 valence electrons. The zero-order valence-electron chi connectivity index (χ0n) is 13.8. The van der Waals surface area contributed by atoms with Gasteiger partial charge in [-0.1, -0.05) is 25.7 Å². The zero-order valence-corrected chi connectivity index (χ0v) is 13.8. The van der Waals surface area contributed by atoms with Crippen molar-refractivity contribution in [2.24, 2.45) is 11.8 Å². The lowest BCUT2D eigenvalue weighted by atomic mass is 9.81. The minimum absolute atomic E-state index is 0.168. The summed E-state index contributed by atoms with van der Waals surface area (Å²) in [5.74, 6) is -2.12. The maximum Gasteiger partial charge on any atom is 0.326 e. The van der Waals surface area contributed by atoms with Gasteiger partial charge in [0.2, 0.25) is 11.8 Å². The summed E-state index contributed by atoms with van der Waals surface area (Å²) in [6.07, 6.45) is 7.44. The molecule has 0 bridgehead atoms. The highest BCUT2D eigenvalue weighted by Gasteiger charge is 2.48. The van der Waals surface area contributed by atoms with Gasteiger partial charge in [0.05, 0.1) is 11.8 Å². The molecule has 1 N–H and O–H groups in total. The molecule has 0 aromatic rings. The van der Waals surface area contributed by atoms with Gasteiger partial charge in [-0.15, -0.1) is 0 Å². The van der Waals surface area contributed by atoms with Crippen molar-refractivity contribution < 1.29 is 23.9 Å². The lowest BCUT2D eigenvalue weighted by Crippen LogP contribution is -2.39. The Morgan fingerprint density at radius 3 is 2.08 bits per heavy atom. The van der Waals surface area contributed by atoms with Gasteiger partial charge >= 0.3 is 5.97 Å². The van der Waals surface area contributed by atoms with E-state index >= 15 is 0 Å². The van der Waals surface area contributed by atoms with Crippen LogP contribution >= 0.6 is 0 Å². The van der Waals surface area contributed by atoms with Crippen molar-refractivity contribution in [2.45, 2.75) is 57.4 Å². The number of imide groups is 1. The van der Waals surface area contributed by atoms with E-state index in [0.717, 1.165) is 43.4 Å². The van der Waals surface area contributed by atoms with Gasteiger partial charge in [-0.05, 0) is 25.7 Å². The second-order valence-electron chi connectivity index (χ2n) is 6.97. The highest BCUT2D eigenvalue weighted by Crippen LogP contribution is 2.37. The maximum atomic E-state index is 12.3. The van der Waals surface area contributed by atoms with Crippen LogP contribution in [0.15, 0.2) is 0 Å². The molecule has 2 aliphatic carbocycles. The van der Waals surface area contributed by atoms with Gasteiger partial charge in [-0.25, -0.2) is 0 Å². The SMILES string of the molecule is O=C(COC(=O)CN1C(=O)[C@H]2CCCC[C@H]2C1=O)NC1CCCC1. The fourth-order valence-corrected chi connectivity index (χ4v) is 4.05. The Hall–Kier alpha value is -1.92. The highest BCUT2D eigenvalue weighted by molar-refractivity contribution is 6.07. The highest BCUT2D eigenvalue weighted by atomic mass is 16.5. The number of carbonyl (C=O) groups is 4. The van der Waals surface area contributed by atoms with Crippen molar-refractivity contribution in [3.05, 3.63) is 0 Å². The maximum absolute atomic E-state index is 12.3. The molecule has 0 spiro atoms. The Balaban J connectivity index is 1.45. The summed E-state index contributed by atoms with van der Waals surface area (Å²) in [6, 6.07) is 0.168. The Bertz CT molecular complexity index is 517. The van der Waals surface area contributed by atoms with E-state index in [4.69, 9.17) is 4.74 Å². The van der Waals surface area contributed by atoms with Crippen molar-refractivity contribution in [3.8, 4) is 0 Å². The third kappa shape index (κ3) is 3.60. The molecule has 0 unspecified atom stereocenters. The van der Waals surface area contributed by atoms with E-state index in [9.17, 15) is 19.2 Å². The number of amides is 3. The number of esters is 1. The predicted molar refractivity (Wildman–Crippen MR) is 83.5 cm³/mol. The third-order valence-corrected chi connectivity index (χ3v) is 5.30. The molecule has 7 nitrogen and oxygen atoms in total. The molecule has 2 atom stereocenters. The monoisotopic (exact) mass is 336 g/mol. The predicted octanol–water partition coefficient (Wildman–Crippen LogP) is 0.764. The second kappa shape index (κ2) is 7.32. The van der Waals surface area contributed by atoms with Crippen molar-refractivity contribution in [1.82, 2.24) is 10.2 Å². The molecule has 0 radical (unpaired) electrons. The smallest absolute Gasteiger partial charge is 0.326 e. The first-order chi connectivity index (χ1) is 11.6. The first kappa shape index (κ1) is 16.9. The molecular weight excluding hydrogens is 312 g/mol. The van der Waals surface area contributed by atoms with E-state index in [1.165, 1.54) is 0 Å². The standard InChI is InChI=1S/C17H24N2O5/c20-14(18-11-5-1-2-6-11)10-24-15(21)9-19-16(22)12-7-3-4-8-13(12)17(19)23/h11-13H,1-10H2,(H,18,20)/t12-,13+. The third-order valence-electron chi connectivity index (χ3n) is 5.30. The van der Waals surface area contributed by atoms with E-state index in [-0.39, 0.29) is 48.8 Å². The van der Waals surface area contributed by atoms with Crippen LogP contribution in [0.25, 0.3) is 0 Å². The molecule has 1 aliphatic heterocycles. The van der Waals surface area contributed by atoms with Crippen LogP contribution in [0.5, 0.6) is 0 Å². The number of ether oxygens (including phenoxy) is 1. The molecule has 24 heavy (non-hydrogen) atoms. The van der Waals surface area contributed by atoms with Crippen LogP contribution in [-0.4, -0.2) is 47.8 Å². The zero-order chi connectivity index (χ0) is 17.1. The van der Waals surface area contributed by atoms with Crippen molar-refractivity contribution in [1.29, 1.82) is 0 Å². The lowest BCUT2D eigenvalue weighted by Gasteiger charge is -2.19. The van der Waals surface area contributed by atoms with Crippen LogP contribution in [0.2, 0.25) is 0 Å². The van der Waals surface area contributed by atoms with Gasteiger partial charge < -0.3 is 10.1 Å². The van der Waals surface area contributed by atoms with E-state index in [1.54, 1.807) is 0 Å². The molecule has 3 aliphatic rings. The second-order valence-corrected chi connectivity index (χ2v) is 6.97. The van der Waals surface area contributed by atoms with Crippen LogP contribution in [0.4, 0.5) is 0 Å². The summed E-state index contributed by atoms with van der Waals surface area (Å²) < 4.78 is 4.93.